The van der Waals surface area contributed by atoms with E-state index in [1.165, 1.54) is 0 Å². The van der Waals surface area contributed by atoms with Gasteiger partial charge in [0.15, 0.2) is 23.0 Å². The number of hydrogen-bond donors (Lipinski definition) is 0. The predicted octanol–water partition coefficient (Wildman–Crippen LogP) is 9.25. The van der Waals surface area contributed by atoms with Crippen molar-refractivity contribution in [2.45, 2.75) is 0 Å². The van der Waals surface area contributed by atoms with Crippen molar-refractivity contribution in [3.63, 3.8) is 0 Å². The van der Waals surface area contributed by atoms with E-state index in [1.54, 1.807) is 48.5 Å². The Kier molecular flexibility index (Phi) is 8.05. The van der Waals surface area contributed by atoms with Gasteiger partial charge in [0.1, 0.15) is 0 Å². The van der Waals surface area contributed by atoms with E-state index in [0.717, 1.165) is 22.3 Å². The lowest BCUT2D eigenvalue weighted by Crippen LogP contribution is -1.91. The highest BCUT2D eigenvalue weighted by molar-refractivity contribution is 7.34. The average molecular weight is 540 g/mol. The molecule has 8 heteroatoms. The second-order valence-electron chi connectivity index (χ2n) is 8.06. The van der Waals surface area contributed by atoms with Crippen LogP contribution in [0.2, 0.25) is 0 Å². The molecule has 186 valence electrons. The zero-order valence-electron chi connectivity index (χ0n) is 20.0. The second kappa shape index (κ2) is 12.2. The van der Waals surface area contributed by atoms with Gasteiger partial charge in [-0.25, -0.2) is 18.1 Å². The molecule has 38 heavy (non-hydrogen) atoms. The van der Waals surface area contributed by atoms with E-state index >= 15 is 0 Å². The fourth-order valence-corrected chi connectivity index (χ4v) is 4.87. The lowest BCUT2D eigenvalue weighted by molar-refractivity contribution is 0.410. The van der Waals surface area contributed by atoms with Crippen LogP contribution in [0.3, 0.4) is 0 Å². The molecule has 0 aromatic heterocycles. The van der Waals surface area contributed by atoms with Crippen molar-refractivity contribution in [2.75, 3.05) is 0 Å². The first-order chi connectivity index (χ1) is 18.6. The van der Waals surface area contributed by atoms with Gasteiger partial charge in [0.05, 0.1) is 0 Å². The van der Waals surface area contributed by atoms with E-state index in [0.29, 0.717) is 23.0 Å². The summed E-state index contributed by atoms with van der Waals surface area (Å²) in [4.78, 5) is 0. The molecule has 0 amide bonds. The Bertz CT molecular complexity index is 1390. The van der Waals surface area contributed by atoms with Gasteiger partial charge in [-0.1, -0.05) is 84.9 Å². The summed E-state index contributed by atoms with van der Waals surface area (Å²) in [5, 5.41) is 0. The summed E-state index contributed by atoms with van der Waals surface area (Å²) < 4.78 is 46.2. The maximum atomic E-state index is 12.3. The first-order valence-electron chi connectivity index (χ1n) is 11.7. The third-order valence-corrected chi connectivity index (χ3v) is 6.91. The summed E-state index contributed by atoms with van der Waals surface area (Å²) in [7, 11) is -4.90. The molecule has 0 aliphatic heterocycles. The van der Waals surface area contributed by atoms with Gasteiger partial charge in [-0.3, -0.25) is 0 Å². The summed E-state index contributed by atoms with van der Waals surface area (Å²) in [6.45, 7) is 0. The van der Waals surface area contributed by atoms with Gasteiger partial charge in [0.25, 0.3) is 0 Å². The molecule has 0 saturated carbocycles. The van der Waals surface area contributed by atoms with E-state index in [-0.39, 0.29) is 0 Å². The minimum Gasteiger partial charge on any atom is -0.222 e. The van der Waals surface area contributed by atoms with Crippen molar-refractivity contribution in [3.05, 3.63) is 133 Å². The molecule has 0 N–H and O–H groups in total. The van der Waals surface area contributed by atoms with Crippen LogP contribution in [-0.4, -0.2) is 0 Å². The Morgan fingerprint density at radius 3 is 0.842 bits per heavy atom. The Morgan fingerprint density at radius 1 is 0.316 bits per heavy atom. The Balaban J connectivity index is 1.10. The second-order valence-corrected chi connectivity index (χ2v) is 9.69. The van der Waals surface area contributed by atoms with E-state index in [9.17, 15) is 9.13 Å². The van der Waals surface area contributed by atoms with E-state index in [2.05, 4.69) is 0 Å². The molecule has 0 bridgehead atoms. The monoisotopic (exact) mass is 540 g/mol. The molecule has 5 aromatic carbocycles. The molecular weight excluding hydrogens is 518 g/mol. The van der Waals surface area contributed by atoms with Gasteiger partial charge in [-0.05, 0) is 70.8 Å². The van der Waals surface area contributed by atoms with Crippen LogP contribution in [0.1, 0.15) is 0 Å². The molecule has 2 atom stereocenters. The fourth-order valence-electron chi connectivity index (χ4n) is 3.62. The molecule has 6 nitrogen and oxygen atoms in total. The Labute approximate surface area is 222 Å². The van der Waals surface area contributed by atoms with E-state index < -0.39 is 16.5 Å². The highest BCUT2D eigenvalue weighted by Crippen LogP contribution is 2.35. The van der Waals surface area contributed by atoms with Gasteiger partial charge in [0.2, 0.25) is 0 Å². The molecule has 5 aromatic rings. The van der Waals surface area contributed by atoms with Crippen molar-refractivity contribution in [2.24, 2.45) is 0 Å². The average Bonchev–Trinajstić information content (AvgIpc) is 2.96. The number of benzene rings is 5. The van der Waals surface area contributed by atoms with Crippen LogP contribution in [0.5, 0.6) is 23.0 Å². The largest absolute Gasteiger partial charge is 0.805 e. The number of rotatable bonds is 10. The highest BCUT2D eigenvalue weighted by atomic mass is 31.1. The Hall–Kier alpha value is -4.50. The fraction of sp³-hybridized carbons (Fsp3) is 0. The maximum Gasteiger partial charge on any atom is 0.805 e. The molecule has 0 heterocycles. The van der Waals surface area contributed by atoms with Crippen molar-refractivity contribution in [1.82, 2.24) is 0 Å². The molecule has 0 radical (unpaired) electrons. The number of hydrogen-bond acceptors (Lipinski definition) is 6. The van der Waals surface area contributed by atoms with Gasteiger partial charge < -0.3 is 0 Å². The molecule has 0 spiro atoms. The van der Waals surface area contributed by atoms with Crippen molar-refractivity contribution >= 4 is 16.5 Å². The van der Waals surface area contributed by atoms with Crippen molar-refractivity contribution in [1.29, 1.82) is 0 Å². The third kappa shape index (κ3) is 6.83. The van der Waals surface area contributed by atoms with E-state index in [4.69, 9.17) is 18.1 Å². The van der Waals surface area contributed by atoms with Crippen LogP contribution < -0.4 is 18.1 Å². The predicted molar refractivity (Wildman–Crippen MR) is 148 cm³/mol. The van der Waals surface area contributed by atoms with Crippen LogP contribution >= 0.6 is 16.5 Å². The first-order valence-corrected chi connectivity index (χ1v) is 13.9. The molecule has 0 fully saturated rings. The molecule has 0 aliphatic carbocycles. The maximum absolute atomic E-state index is 12.3. The minimum absolute atomic E-state index is 0.312. The summed E-state index contributed by atoms with van der Waals surface area (Å²) in [5.41, 5.74) is 4.21. The lowest BCUT2D eigenvalue weighted by atomic mass is 10.1. The standard InChI is InChI=1S/C30H22O6P2/c31-37(33-27-15-11-25(12-16-27)23-7-3-1-4-8-23)35-29-19-21-30(22-20-29)36-38(32)34-28-17-13-26(14-18-28)24-9-5-2-6-10-24/h1-22H/q+2. The summed E-state index contributed by atoms with van der Waals surface area (Å²) in [5.74, 6) is 1.48. The highest BCUT2D eigenvalue weighted by Gasteiger charge is 2.26. The third-order valence-electron chi connectivity index (χ3n) is 5.47. The summed E-state index contributed by atoms with van der Waals surface area (Å²) in [6, 6.07) is 40.5. The van der Waals surface area contributed by atoms with Crippen molar-refractivity contribution in [3.8, 4) is 45.3 Å². The minimum atomic E-state index is -2.45. The first kappa shape index (κ1) is 25.2. The topological polar surface area (TPSA) is 71.1 Å². The normalized spacial score (nSPS) is 11.3. The van der Waals surface area contributed by atoms with Crippen LogP contribution in [0.15, 0.2) is 133 Å². The zero-order chi connectivity index (χ0) is 26.2. The molecule has 5 rings (SSSR count). The van der Waals surface area contributed by atoms with Crippen LogP contribution in [0.25, 0.3) is 22.3 Å². The Morgan fingerprint density at radius 2 is 0.553 bits per heavy atom. The zero-order valence-corrected chi connectivity index (χ0v) is 21.8. The van der Waals surface area contributed by atoms with Crippen LogP contribution in [-0.2, 0) is 9.13 Å². The van der Waals surface area contributed by atoms with Crippen LogP contribution in [0.4, 0.5) is 0 Å². The van der Waals surface area contributed by atoms with E-state index in [1.807, 2.05) is 84.9 Å². The van der Waals surface area contributed by atoms with Gasteiger partial charge in [0, 0.05) is 9.13 Å². The molecule has 0 saturated heterocycles. The van der Waals surface area contributed by atoms with Crippen LogP contribution in [0, 0.1) is 0 Å². The summed E-state index contributed by atoms with van der Waals surface area (Å²) >= 11 is 0. The summed E-state index contributed by atoms with van der Waals surface area (Å²) in [6.07, 6.45) is 0. The molecule has 0 aliphatic rings. The SMILES string of the molecule is O=[P+](Oc1ccc(O[P+](=O)Oc2ccc(-c3ccccc3)cc2)cc1)Oc1ccc(-c2ccccc2)cc1. The van der Waals surface area contributed by atoms with Gasteiger partial charge in [-0.15, -0.1) is 0 Å². The smallest absolute Gasteiger partial charge is 0.222 e. The quantitative estimate of drug-likeness (QED) is 0.164. The van der Waals surface area contributed by atoms with Gasteiger partial charge >= 0.3 is 16.5 Å². The van der Waals surface area contributed by atoms with Gasteiger partial charge in [-0.2, -0.15) is 0 Å². The van der Waals surface area contributed by atoms with Crippen molar-refractivity contribution < 1.29 is 27.2 Å². The molecular formula is C30H22O6P2+2. The lowest BCUT2D eigenvalue weighted by Gasteiger charge is -2.01. The molecule has 2 unspecified atom stereocenters.